The number of nitrogens with zero attached hydrogens (tertiary/aromatic N) is 2. The highest BCUT2D eigenvalue weighted by Crippen LogP contribution is 2.16. The largest absolute Gasteiger partial charge is 0.481 e. The van der Waals surface area contributed by atoms with Gasteiger partial charge in [0.05, 0.1) is 6.42 Å². The number of likely N-dealkylation sites (N-methyl/N-ethyl adjacent to an activating group) is 1. The number of hydrogen-bond acceptors (Lipinski definition) is 3. The smallest absolute Gasteiger partial charge is 0.307 e. The molecular weight excluding hydrogens is 252 g/mol. The van der Waals surface area contributed by atoms with Crippen LogP contribution in [-0.2, 0) is 17.8 Å². The number of aliphatic carboxylic acids is 1. The van der Waals surface area contributed by atoms with E-state index in [0.29, 0.717) is 6.04 Å². The average molecular weight is 276 g/mol. The van der Waals surface area contributed by atoms with Crippen LogP contribution in [-0.4, -0.2) is 53.1 Å². The van der Waals surface area contributed by atoms with E-state index in [1.165, 1.54) is 0 Å². The number of carbonyl (C=O) groups is 1. The minimum absolute atomic E-state index is 0.112. The minimum Gasteiger partial charge on any atom is -0.481 e. The van der Waals surface area contributed by atoms with Crippen molar-refractivity contribution in [1.29, 1.82) is 0 Å². The van der Waals surface area contributed by atoms with Gasteiger partial charge >= 0.3 is 5.97 Å². The van der Waals surface area contributed by atoms with Crippen LogP contribution >= 0.6 is 0 Å². The summed E-state index contributed by atoms with van der Waals surface area (Å²) in [6, 6.07) is 8.45. The van der Waals surface area contributed by atoms with Crippen LogP contribution in [0.1, 0.15) is 25.0 Å². The second-order valence-electron chi connectivity index (χ2n) is 5.55. The molecular formula is C16H24N2O2. The van der Waals surface area contributed by atoms with Crippen LogP contribution < -0.4 is 0 Å². The third-order valence-electron chi connectivity index (χ3n) is 4.11. The van der Waals surface area contributed by atoms with Crippen LogP contribution in [0, 0.1) is 0 Å². The standard InChI is InChI=1S/C16H24N2O2/c1-3-18-9-8-17(11-13(18)2)12-15-7-5-4-6-14(15)10-16(19)20/h4-7,13H,3,8-12H2,1-2H3,(H,19,20). The van der Waals surface area contributed by atoms with Crippen LogP contribution in [0.25, 0.3) is 0 Å². The molecule has 0 spiro atoms. The molecule has 20 heavy (non-hydrogen) atoms. The monoisotopic (exact) mass is 276 g/mol. The number of piperazine rings is 1. The van der Waals surface area contributed by atoms with Crippen molar-refractivity contribution in [3.05, 3.63) is 35.4 Å². The van der Waals surface area contributed by atoms with Crippen molar-refractivity contribution in [2.45, 2.75) is 32.9 Å². The fourth-order valence-electron chi connectivity index (χ4n) is 2.97. The van der Waals surface area contributed by atoms with E-state index in [2.05, 4.69) is 29.7 Å². The predicted octanol–water partition coefficient (Wildman–Crippen LogP) is 1.84. The SMILES string of the molecule is CCN1CCN(Cc2ccccc2CC(=O)O)CC1C. The molecule has 0 amide bonds. The van der Waals surface area contributed by atoms with Gasteiger partial charge in [-0.3, -0.25) is 14.6 Å². The molecule has 0 aromatic heterocycles. The number of benzene rings is 1. The Kier molecular flexibility index (Phi) is 5.15. The molecule has 0 radical (unpaired) electrons. The van der Waals surface area contributed by atoms with Crippen molar-refractivity contribution in [2.75, 3.05) is 26.2 Å². The van der Waals surface area contributed by atoms with Gasteiger partial charge in [0.2, 0.25) is 0 Å². The van der Waals surface area contributed by atoms with Crippen molar-refractivity contribution in [3.63, 3.8) is 0 Å². The fraction of sp³-hybridized carbons (Fsp3) is 0.562. The lowest BCUT2D eigenvalue weighted by Crippen LogP contribution is -2.51. The molecule has 1 saturated heterocycles. The Morgan fingerprint density at radius 1 is 1.30 bits per heavy atom. The van der Waals surface area contributed by atoms with Gasteiger partial charge in [-0.05, 0) is 24.6 Å². The van der Waals surface area contributed by atoms with Crippen molar-refractivity contribution in [3.8, 4) is 0 Å². The maximum absolute atomic E-state index is 10.9. The van der Waals surface area contributed by atoms with Gasteiger partial charge in [-0.25, -0.2) is 0 Å². The van der Waals surface area contributed by atoms with E-state index in [9.17, 15) is 4.79 Å². The molecule has 4 nitrogen and oxygen atoms in total. The molecule has 1 aromatic rings. The molecule has 0 saturated carbocycles. The molecule has 0 aliphatic carbocycles. The van der Waals surface area contributed by atoms with Crippen molar-refractivity contribution in [2.24, 2.45) is 0 Å². The first kappa shape index (κ1) is 15.0. The third-order valence-corrected chi connectivity index (χ3v) is 4.11. The van der Waals surface area contributed by atoms with E-state index in [1.54, 1.807) is 0 Å². The number of carboxylic acids is 1. The molecule has 1 N–H and O–H groups in total. The highest BCUT2D eigenvalue weighted by Gasteiger charge is 2.22. The molecule has 1 heterocycles. The third kappa shape index (κ3) is 3.81. The van der Waals surface area contributed by atoms with Crippen LogP contribution in [0.2, 0.25) is 0 Å². The zero-order valence-corrected chi connectivity index (χ0v) is 12.4. The summed E-state index contributed by atoms with van der Waals surface area (Å²) in [5.74, 6) is -0.762. The fourth-order valence-corrected chi connectivity index (χ4v) is 2.97. The molecule has 0 bridgehead atoms. The maximum Gasteiger partial charge on any atom is 0.307 e. The van der Waals surface area contributed by atoms with Gasteiger partial charge in [0, 0.05) is 32.2 Å². The van der Waals surface area contributed by atoms with E-state index >= 15 is 0 Å². The Morgan fingerprint density at radius 2 is 2.00 bits per heavy atom. The van der Waals surface area contributed by atoms with E-state index in [0.717, 1.165) is 43.9 Å². The first-order chi connectivity index (χ1) is 9.60. The van der Waals surface area contributed by atoms with Gasteiger partial charge in [0.15, 0.2) is 0 Å². The predicted molar refractivity (Wildman–Crippen MR) is 79.8 cm³/mol. The maximum atomic E-state index is 10.9. The van der Waals surface area contributed by atoms with Gasteiger partial charge in [-0.15, -0.1) is 0 Å². The molecule has 1 aromatic carbocycles. The Labute approximate surface area is 121 Å². The Bertz CT molecular complexity index is 462. The summed E-state index contributed by atoms with van der Waals surface area (Å²) in [6.07, 6.45) is 0.112. The van der Waals surface area contributed by atoms with Crippen LogP contribution in [0.5, 0.6) is 0 Å². The Hall–Kier alpha value is -1.39. The lowest BCUT2D eigenvalue weighted by molar-refractivity contribution is -0.136. The lowest BCUT2D eigenvalue weighted by Gasteiger charge is -2.39. The van der Waals surface area contributed by atoms with E-state index in [4.69, 9.17) is 5.11 Å². The summed E-state index contributed by atoms with van der Waals surface area (Å²) in [4.78, 5) is 15.8. The van der Waals surface area contributed by atoms with E-state index in [1.807, 2.05) is 18.2 Å². The molecule has 1 fully saturated rings. The topological polar surface area (TPSA) is 43.8 Å². The Balaban J connectivity index is 2.02. The first-order valence-electron chi connectivity index (χ1n) is 7.35. The number of carboxylic acid groups (broad SMARTS) is 1. The zero-order chi connectivity index (χ0) is 14.5. The Morgan fingerprint density at radius 3 is 2.60 bits per heavy atom. The highest BCUT2D eigenvalue weighted by atomic mass is 16.4. The average Bonchev–Trinajstić information content (AvgIpc) is 2.41. The van der Waals surface area contributed by atoms with Crippen LogP contribution in [0.4, 0.5) is 0 Å². The van der Waals surface area contributed by atoms with Gasteiger partial charge in [0.25, 0.3) is 0 Å². The summed E-state index contributed by atoms with van der Waals surface area (Å²) in [6.45, 7) is 9.62. The second kappa shape index (κ2) is 6.86. The summed E-state index contributed by atoms with van der Waals surface area (Å²) in [7, 11) is 0. The van der Waals surface area contributed by atoms with Crippen molar-refractivity contribution >= 4 is 5.97 Å². The minimum atomic E-state index is -0.762. The molecule has 1 aliphatic heterocycles. The second-order valence-corrected chi connectivity index (χ2v) is 5.55. The summed E-state index contributed by atoms with van der Waals surface area (Å²) in [5.41, 5.74) is 2.08. The van der Waals surface area contributed by atoms with Gasteiger partial charge < -0.3 is 5.11 Å². The molecule has 1 unspecified atom stereocenters. The zero-order valence-electron chi connectivity index (χ0n) is 12.4. The molecule has 2 rings (SSSR count). The molecule has 110 valence electrons. The molecule has 1 aliphatic rings. The van der Waals surface area contributed by atoms with E-state index in [-0.39, 0.29) is 6.42 Å². The van der Waals surface area contributed by atoms with Gasteiger partial charge in [0.1, 0.15) is 0 Å². The van der Waals surface area contributed by atoms with Crippen molar-refractivity contribution < 1.29 is 9.90 Å². The van der Waals surface area contributed by atoms with Crippen molar-refractivity contribution in [1.82, 2.24) is 9.80 Å². The summed E-state index contributed by atoms with van der Waals surface area (Å²) in [5, 5.41) is 8.99. The normalized spacial score (nSPS) is 21.0. The van der Waals surface area contributed by atoms with Gasteiger partial charge in [-0.2, -0.15) is 0 Å². The molecule has 1 atom stereocenters. The van der Waals surface area contributed by atoms with E-state index < -0.39 is 5.97 Å². The highest BCUT2D eigenvalue weighted by molar-refractivity contribution is 5.70. The summed E-state index contributed by atoms with van der Waals surface area (Å²) >= 11 is 0. The van der Waals surface area contributed by atoms with Gasteiger partial charge in [-0.1, -0.05) is 31.2 Å². The number of hydrogen-bond donors (Lipinski definition) is 1. The summed E-state index contributed by atoms with van der Waals surface area (Å²) < 4.78 is 0. The lowest BCUT2D eigenvalue weighted by atomic mass is 10.0. The molecule has 4 heteroatoms. The quantitative estimate of drug-likeness (QED) is 0.891. The van der Waals surface area contributed by atoms with Crippen LogP contribution in [0.15, 0.2) is 24.3 Å². The number of rotatable bonds is 5. The first-order valence-corrected chi connectivity index (χ1v) is 7.35. The van der Waals surface area contributed by atoms with Crippen LogP contribution in [0.3, 0.4) is 0 Å².